The first-order valence-corrected chi connectivity index (χ1v) is 5.65. The largest absolute Gasteiger partial charge is 0.506 e. The smallest absolute Gasteiger partial charge is 0.155 e. The van der Waals surface area contributed by atoms with E-state index in [0.29, 0.717) is 22.1 Å². The number of aromatic hydroxyl groups is 1. The molecule has 0 saturated carbocycles. The predicted molar refractivity (Wildman–Crippen MR) is 67.3 cm³/mol. The van der Waals surface area contributed by atoms with Crippen LogP contribution >= 0.6 is 11.6 Å². The Balaban J connectivity index is 2.32. The third kappa shape index (κ3) is 1.71. The normalized spacial score (nSPS) is 11.0. The van der Waals surface area contributed by atoms with Gasteiger partial charge in [-0.05, 0) is 24.3 Å². The highest BCUT2D eigenvalue weighted by Gasteiger charge is 2.12. The molecule has 0 fully saturated rings. The van der Waals surface area contributed by atoms with Gasteiger partial charge in [-0.25, -0.2) is 9.37 Å². The van der Waals surface area contributed by atoms with Crippen LogP contribution in [0.5, 0.6) is 5.75 Å². The van der Waals surface area contributed by atoms with Crippen LogP contribution in [0.4, 0.5) is 4.39 Å². The van der Waals surface area contributed by atoms with Crippen molar-refractivity contribution >= 4 is 17.1 Å². The second kappa shape index (κ2) is 3.99. The lowest BCUT2D eigenvalue weighted by Gasteiger charge is -2.02. The van der Waals surface area contributed by atoms with Gasteiger partial charge in [0.2, 0.25) is 0 Å². The predicted octanol–water partition coefficient (Wildman–Crippen LogP) is 3.50. The van der Waals surface area contributed by atoms with Gasteiger partial charge in [-0.1, -0.05) is 23.7 Å². The maximum atomic E-state index is 13.2. The number of aromatic nitrogens is 2. The molecule has 0 saturated heterocycles. The molecule has 0 unspecified atom stereocenters. The average Bonchev–Trinajstić information content (AvgIpc) is 2.66. The molecular formula is C13H8ClFN2O. The Labute approximate surface area is 107 Å². The summed E-state index contributed by atoms with van der Waals surface area (Å²) in [6.07, 6.45) is 1.49. The van der Waals surface area contributed by atoms with E-state index in [1.807, 2.05) is 0 Å². The van der Waals surface area contributed by atoms with Crippen molar-refractivity contribution in [2.75, 3.05) is 0 Å². The quantitative estimate of drug-likeness (QED) is 0.729. The number of rotatable bonds is 1. The van der Waals surface area contributed by atoms with Gasteiger partial charge in [0.05, 0.1) is 11.7 Å². The SMILES string of the molecule is Oc1ccc2c(Cl)nc(-c3cccc(F)c3)n2c1. The molecule has 1 aromatic carbocycles. The van der Waals surface area contributed by atoms with Crippen molar-refractivity contribution < 1.29 is 9.50 Å². The fourth-order valence-corrected chi connectivity index (χ4v) is 2.10. The van der Waals surface area contributed by atoms with Gasteiger partial charge in [-0.2, -0.15) is 0 Å². The third-order valence-corrected chi connectivity index (χ3v) is 2.94. The Morgan fingerprint density at radius 3 is 2.83 bits per heavy atom. The molecule has 18 heavy (non-hydrogen) atoms. The molecule has 0 amide bonds. The van der Waals surface area contributed by atoms with Crippen LogP contribution in [0, 0.1) is 5.82 Å². The lowest BCUT2D eigenvalue weighted by molar-refractivity contribution is 0.472. The van der Waals surface area contributed by atoms with Crippen molar-refractivity contribution in [3.8, 4) is 17.1 Å². The van der Waals surface area contributed by atoms with Crippen molar-refractivity contribution in [2.45, 2.75) is 0 Å². The number of benzene rings is 1. The molecule has 2 aromatic heterocycles. The Morgan fingerprint density at radius 2 is 2.06 bits per heavy atom. The minimum atomic E-state index is -0.347. The summed E-state index contributed by atoms with van der Waals surface area (Å²) < 4.78 is 14.9. The molecule has 90 valence electrons. The summed E-state index contributed by atoms with van der Waals surface area (Å²) in [7, 11) is 0. The third-order valence-electron chi connectivity index (χ3n) is 2.66. The second-order valence-electron chi connectivity index (χ2n) is 3.88. The molecule has 3 rings (SSSR count). The molecule has 3 aromatic rings. The maximum Gasteiger partial charge on any atom is 0.155 e. The fraction of sp³-hybridized carbons (Fsp3) is 0. The number of hydrogen-bond acceptors (Lipinski definition) is 2. The maximum absolute atomic E-state index is 13.2. The Morgan fingerprint density at radius 1 is 1.22 bits per heavy atom. The minimum absolute atomic E-state index is 0.0919. The van der Waals surface area contributed by atoms with Crippen LogP contribution in [0.1, 0.15) is 0 Å². The zero-order valence-corrected chi connectivity index (χ0v) is 9.89. The van der Waals surface area contributed by atoms with Crippen LogP contribution in [-0.2, 0) is 0 Å². The van der Waals surface area contributed by atoms with Gasteiger partial charge >= 0.3 is 0 Å². The van der Waals surface area contributed by atoms with Gasteiger partial charge in [0.25, 0.3) is 0 Å². The zero-order chi connectivity index (χ0) is 12.7. The monoisotopic (exact) mass is 262 g/mol. The standard InChI is InChI=1S/C13H8ClFN2O/c14-12-11-5-4-10(18)7-17(11)13(16-12)8-2-1-3-9(15)6-8/h1-7,18H. The van der Waals surface area contributed by atoms with E-state index in [1.165, 1.54) is 24.4 Å². The van der Waals surface area contributed by atoms with Crippen LogP contribution in [0.3, 0.4) is 0 Å². The number of imidazole rings is 1. The van der Waals surface area contributed by atoms with Crippen molar-refractivity contribution in [3.05, 3.63) is 53.6 Å². The van der Waals surface area contributed by atoms with Crippen LogP contribution in [-0.4, -0.2) is 14.5 Å². The van der Waals surface area contributed by atoms with E-state index >= 15 is 0 Å². The molecule has 1 N–H and O–H groups in total. The van der Waals surface area contributed by atoms with Gasteiger partial charge in [0.1, 0.15) is 17.4 Å². The molecule has 0 radical (unpaired) electrons. The van der Waals surface area contributed by atoms with E-state index in [-0.39, 0.29) is 11.6 Å². The van der Waals surface area contributed by atoms with Gasteiger partial charge in [0.15, 0.2) is 5.15 Å². The van der Waals surface area contributed by atoms with E-state index in [4.69, 9.17) is 11.6 Å². The number of halogens is 2. The van der Waals surface area contributed by atoms with Crippen molar-refractivity contribution in [3.63, 3.8) is 0 Å². The van der Waals surface area contributed by atoms with Crippen LogP contribution < -0.4 is 0 Å². The van der Waals surface area contributed by atoms with Gasteiger partial charge in [0, 0.05) is 5.56 Å². The highest BCUT2D eigenvalue weighted by atomic mass is 35.5. The topological polar surface area (TPSA) is 37.5 Å². The number of pyridine rings is 1. The molecule has 5 heteroatoms. The van der Waals surface area contributed by atoms with E-state index < -0.39 is 0 Å². The molecule has 0 aliphatic carbocycles. The van der Waals surface area contributed by atoms with Crippen molar-refractivity contribution in [2.24, 2.45) is 0 Å². The Kier molecular flexibility index (Phi) is 2.45. The van der Waals surface area contributed by atoms with E-state index in [1.54, 1.807) is 22.6 Å². The number of hydrogen-bond donors (Lipinski definition) is 1. The van der Waals surface area contributed by atoms with Crippen LogP contribution in [0.15, 0.2) is 42.6 Å². The first-order valence-electron chi connectivity index (χ1n) is 5.27. The summed E-state index contributed by atoms with van der Waals surface area (Å²) in [4.78, 5) is 4.19. The molecule has 0 aliphatic rings. The lowest BCUT2D eigenvalue weighted by Crippen LogP contribution is -1.89. The molecule has 0 spiro atoms. The summed E-state index contributed by atoms with van der Waals surface area (Å²) in [6, 6.07) is 9.25. The Hall–Kier alpha value is -2.07. The Bertz CT molecular complexity index is 739. The molecular weight excluding hydrogens is 255 g/mol. The molecule has 0 atom stereocenters. The summed E-state index contributed by atoms with van der Waals surface area (Å²) in [5.41, 5.74) is 1.26. The van der Waals surface area contributed by atoms with E-state index in [9.17, 15) is 9.50 Å². The zero-order valence-electron chi connectivity index (χ0n) is 9.14. The highest BCUT2D eigenvalue weighted by molar-refractivity contribution is 6.32. The summed E-state index contributed by atoms with van der Waals surface area (Å²) in [5.74, 6) is 0.236. The summed E-state index contributed by atoms with van der Waals surface area (Å²) in [5, 5.41) is 9.81. The summed E-state index contributed by atoms with van der Waals surface area (Å²) in [6.45, 7) is 0. The minimum Gasteiger partial charge on any atom is -0.506 e. The fourth-order valence-electron chi connectivity index (χ4n) is 1.87. The number of fused-ring (bicyclic) bond motifs is 1. The van der Waals surface area contributed by atoms with Crippen molar-refractivity contribution in [1.29, 1.82) is 0 Å². The van der Waals surface area contributed by atoms with Gasteiger partial charge in [-0.3, -0.25) is 4.40 Å². The van der Waals surface area contributed by atoms with Crippen LogP contribution in [0.2, 0.25) is 5.15 Å². The molecule has 2 heterocycles. The van der Waals surface area contributed by atoms with Crippen molar-refractivity contribution in [1.82, 2.24) is 9.38 Å². The first-order chi connectivity index (χ1) is 8.65. The van der Waals surface area contributed by atoms with Crippen LogP contribution in [0.25, 0.3) is 16.9 Å². The van der Waals surface area contributed by atoms with Gasteiger partial charge in [-0.15, -0.1) is 0 Å². The average molecular weight is 263 g/mol. The first kappa shape index (κ1) is 11.0. The van der Waals surface area contributed by atoms with E-state index in [0.717, 1.165) is 0 Å². The van der Waals surface area contributed by atoms with E-state index in [2.05, 4.69) is 4.98 Å². The molecule has 3 nitrogen and oxygen atoms in total. The van der Waals surface area contributed by atoms with Gasteiger partial charge < -0.3 is 5.11 Å². The highest BCUT2D eigenvalue weighted by Crippen LogP contribution is 2.27. The summed E-state index contributed by atoms with van der Waals surface area (Å²) >= 11 is 6.01. The second-order valence-corrected chi connectivity index (χ2v) is 4.24. The molecule has 0 bridgehead atoms. The number of nitrogens with zero attached hydrogens (tertiary/aromatic N) is 2. The lowest BCUT2D eigenvalue weighted by atomic mass is 10.2. The molecule has 0 aliphatic heterocycles.